The van der Waals surface area contributed by atoms with Crippen LogP contribution in [0.4, 0.5) is 0 Å². The SMILES string of the molecule is CCOC(=O)CC(c1cccc(Cl)c1)N1CCCC1. The summed E-state index contributed by atoms with van der Waals surface area (Å²) in [5, 5.41) is 0.713. The van der Waals surface area contributed by atoms with Gasteiger partial charge in [0.15, 0.2) is 0 Å². The highest BCUT2D eigenvalue weighted by atomic mass is 35.5. The number of rotatable bonds is 5. The zero-order valence-electron chi connectivity index (χ0n) is 11.3. The Labute approximate surface area is 119 Å². The zero-order chi connectivity index (χ0) is 13.7. The van der Waals surface area contributed by atoms with Gasteiger partial charge < -0.3 is 4.74 Å². The molecule has 1 aliphatic rings. The van der Waals surface area contributed by atoms with Crippen molar-refractivity contribution in [1.82, 2.24) is 4.90 Å². The Hall–Kier alpha value is -1.06. The normalized spacial score (nSPS) is 17.4. The summed E-state index contributed by atoms with van der Waals surface area (Å²) in [7, 11) is 0. The maximum Gasteiger partial charge on any atom is 0.307 e. The van der Waals surface area contributed by atoms with E-state index in [0.717, 1.165) is 18.7 Å². The molecule has 0 aliphatic carbocycles. The molecule has 2 rings (SSSR count). The molecule has 3 nitrogen and oxygen atoms in total. The molecule has 0 amide bonds. The first-order valence-corrected chi connectivity index (χ1v) is 7.23. The van der Waals surface area contributed by atoms with Crippen LogP contribution in [-0.4, -0.2) is 30.6 Å². The van der Waals surface area contributed by atoms with Gasteiger partial charge in [-0.15, -0.1) is 0 Å². The van der Waals surface area contributed by atoms with Crippen molar-refractivity contribution in [2.24, 2.45) is 0 Å². The van der Waals surface area contributed by atoms with Crippen molar-refractivity contribution in [3.8, 4) is 0 Å². The molecule has 19 heavy (non-hydrogen) atoms. The Kier molecular flexibility index (Phi) is 5.23. The van der Waals surface area contributed by atoms with Crippen molar-refractivity contribution in [3.05, 3.63) is 34.9 Å². The molecule has 0 aromatic heterocycles. The lowest BCUT2D eigenvalue weighted by Gasteiger charge is -2.27. The van der Waals surface area contributed by atoms with E-state index in [-0.39, 0.29) is 12.0 Å². The molecule has 1 aromatic rings. The quantitative estimate of drug-likeness (QED) is 0.775. The number of likely N-dealkylation sites (tertiary alicyclic amines) is 1. The number of benzene rings is 1. The molecular formula is C15H20ClNO2. The van der Waals surface area contributed by atoms with E-state index >= 15 is 0 Å². The maximum atomic E-state index is 11.8. The first-order valence-electron chi connectivity index (χ1n) is 6.86. The van der Waals surface area contributed by atoms with E-state index in [2.05, 4.69) is 4.90 Å². The van der Waals surface area contributed by atoms with Gasteiger partial charge in [0.25, 0.3) is 0 Å². The van der Waals surface area contributed by atoms with Gasteiger partial charge in [-0.1, -0.05) is 23.7 Å². The number of hydrogen-bond donors (Lipinski definition) is 0. The first-order chi connectivity index (χ1) is 9.20. The molecule has 1 aliphatic heterocycles. The molecule has 1 unspecified atom stereocenters. The van der Waals surface area contributed by atoms with E-state index in [1.54, 1.807) is 0 Å². The fraction of sp³-hybridized carbons (Fsp3) is 0.533. The Morgan fingerprint density at radius 2 is 2.16 bits per heavy atom. The maximum absolute atomic E-state index is 11.8. The van der Waals surface area contributed by atoms with Crippen LogP contribution >= 0.6 is 11.6 Å². The minimum Gasteiger partial charge on any atom is -0.466 e. The molecule has 1 fully saturated rings. The van der Waals surface area contributed by atoms with E-state index in [1.807, 2.05) is 31.2 Å². The third-order valence-corrected chi connectivity index (χ3v) is 3.72. The predicted molar refractivity (Wildman–Crippen MR) is 76.3 cm³/mol. The van der Waals surface area contributed by atoms with Gasteiger partial charge in [0, 0.05) is 11.1 Å². The van der Waals surface area contributed by atoms with Crippen LogP contribution in [0.2, 0.25) is 5.02 Å². The summed E-state index contributed by atoms with van der Waals surface area (Å²) < 4.78 is 5.09. The van der Waals surface area contributed by atoms with Crippen LogP contribution in [0.15, 0.2) is 24.3 Å². The number of esters is 1. The summed E-state index contributed by atoms with van der Waals surface area (Å²) in [6.07, 6.45) is 2.79. The van der Waals surface area contributed by atoms with Gasteiger partial charge in [-0.25, -0.2) is 0 Å². The minimum atomic E-state index is -0.139. The molecule has 104 valence electrons. The van der Waals surface area contributed by atoms with Gasteiger partial charge in [0.05, 0.1) is 13.0 Å². The van der Waals surface area contributed by atoms with Gasteiger partial charge in [0.2, 0.25) is 0 Å². The number of hydrogen-bond acceptors (Lipinski definition) is 3. The molecular weight excluding hydrogens is 262 g/mol. The number of halogens is 1. The first kappa shape index (κ1) is 14.4. The second kappa shape index (κ2) is 6.92. The van der Waals surface area contributed by atoms with Gasteiger partial charge in [-0.3, -0.25) is 9.69 Å². The van der Waals surface area contributed by atoms with E-state index in [1.165, 1.54) is 12.8 Å². The van der Waals surface area contributed by atoms with Crippen molar-refractivity contribution in [1.29, 1.82) is 0 Å². The highest BCUT2D eigenvalue weighted by Gasteiger charge is 2.26. The molecule has 0 radical (unpaired) electrons. The highest BCUT2D eigenvalue weighted by Crippen LogP contribution is 2.29. The molecule has 1 saturated heterocycles. The summed E-state index contributed by atoms with van der Waals surface area (Å²) in [4.78, 5) is 14.1. The lowest BCUT2D eigenvalue weighted by Crippen LogP contribution is -2.28. The molecule has 4 heteroatoms. The van der Waals surface area contributed by atoms with Gasteiger partial charge in [-0.2, -0.15) is 0 Å². The van der Waals surface area contributed by atoms with E-state index in [0.29, 0.717) is 18.1 Å². The molecule has 1 aromatic carbocycles. The lowest BCUT2D eigenvalue weighted by atomic mass is 10.0. The van der Waals surface area contributed by atoms with Crippen molar-refractivity contribution in [2.45, 2.75) is 32.2 Å². The molecule has 1 heterocycles. The number of carbonyl (C=O) groups excluding carboxylic acids is 1. The van der Waals surface area contributed by atoms with Crippen LogP contribution in [0.3, 0.4) is 0 Å². The van der Waals surface area contributed by atoms with Crippen LogP contribution in [-0.2, 0) is 9.53 Å². The molecule has 0 bridgehead atoms. The second-order valence-corrected chi connectivity index (χ2v) is 5.26. The number of nitrogens with zero attached hydrogens (tertiary/aromatic N) is 1. The summed E-state index contributed by atoms with van der Waals surface area (Å²) in [6, 6.07) is 7.86. The van der Waals surface area contributed by atoms with Crippen molar-refractivity contribution in [2.75, 3.05) is 19.7 Å². The Bertz CT molecular complexity index is 430. The molecule has 0 spiro atoms. The average Bonchev–Trinajstić information content (AvgIpc) is 2.90. The summed E-state index contributed by atoms with van der Waals surface area (Å²) in [6.45, 7) is 4.34. The Balaban J connectivity index is 2.15. The lowest BCUT2D eigenvalue weighted by molar-refractivity contribution is -0.144. The minimum absolute atomic E-state index is 0.0836. The smallest absolute Gasteiger partial charge is 0.307 e. The summed E-state index contributed by atoms with van der Waals surface area (Å²) in [5.41, 5.74) is 1.10. The number of carbonyl (C=O) groups is 1. The topological polar surface area (TPSA) is 29.5 Å². The fourth-order valence-corrected chi connectivity index (χ4v) is 2.80. The standard InChI is InChI=1S/C15H20ClNO2/c1-2-19-15(18)11-14(17-8-3-4-9-17)12-6-5-7-13(16)10-12/h5-7,10,14H,2-4,8-9,11H2,1H3. The van der Waals surface area contributed by atoms with E-state index in [4.69, 9.17) is 16.3 Å². The van der Waals surface area contributed by atoms with Crippen LogP contribution in [0.1, 0.15) is 37.8 Å². The monoisotopic (exact) mass is 281 g/mol. The second-order valence-electron chi connectivity index (χ2n) is 4.82. The third-order valence-electron chi connectivity index (χ3n) is 3.48. The van der Waals surface area contributed by atoms with Crippen LogP contribution < -0.4 is 0 Å². The Morgan fingerprint density at radius 1 is 1.42 bits per heavy atom. The predicted octanol–water partition coefficient (Wildman–Crippen LogP) is 3.43. The van der Waals surface area contributed by atoms with Gasteiger partial charge >= 0.3 is 5.97 Å². The largest absolute Gasteiger partial charge is 0.466 e. The average molecular weight is 282 g/mol. The third kappa shape index (κ3) is 3.95. The zero-order valence-corrected chi connectivity index (χ0v) is 12.0. The van der Waals surface area contributed by atoms with Crippen molar-refractivity contribution in [3.63, 3.8) is 0 Å². The fourth-order valence-electron chi connectivity index (χ4n) is 2.60. The molecule has 1 atom stereocenters. The molecule has 0 N–H and O–H groups in total. The Morgan fingerprint density at radius 3 is 2.79 bits per heavy atom. The number of ether oxygens (including phenoxy) is 1. The van der Waals surface area contributed by atoms with Gasteiger partial charge in [0.1, 0.15) is 0 Å². The van der Waals surface area contributed by atoms with Crippen LogP contribution in [0.5, 0.6) is 0 Å². The van der Waals surface area contributed by atoms with Gasteiger partial charge in [-0.05, 0) is 50.6 Å². The van der Waals surface area contributed by atoms with Crippen LogP contribution in [0.25, 0.3) is 0 Å². The van der Waals surface area contributed by atoms with E-state index in [9.17, 15) is 4.79 Å². The van der Waals surface area contributed by atoms with Crippen molar-refractivity contribution >= 4 is 17.6 Å². The molecule has 0 saturated carbocycles. The summed E-state index contributed by atoms with van der Waals surface area (Å²) >= 11 is 6.06. The van der Waals surface area contributed by atoms with Crippen LogP contribution in [0, 0.1) is 0 Å². The van der Waals surface area contributed by atoms with Crippen molar-refractivity contribution < 1.29 is 9.53 Å². The highest BCUT2D eigenvalue weighted by molar-refractivity contribution is 6.30. The van der Waals surface area contributed by atoms with E-state index < -0.39 is 0 Å². The summed E-state index contributed by atoms with van der Waals surface area (Å²) in [5.74, 6) is -0.139.